The van der Waals surface area contributed by atoms with Crippen molar-refractivity contribution < 1.29 is 9.90 Å². The number of unbranched alkanes of at least 4 members (excludes halogenated alkanes) is 1. The molecule has 12 heavy (non-hydrogen) atoms. The molecule has 0 fully saturated rings. The third-order valence-corrected chi connectivity index (χ3v) is 2.83. The highest BCUT2D eigenvalue weighted by atomic mass is 32.2. The molecule has 0 radical (unpaired) electrons. The largest absolute Gasteiger partial charge is 0.480 e. The molecule has 0 aromatic rings. The summed E-state index contributed by atoms with van der Waals surface area (Å²) >= 11 is 1.43. The van der Waals surface area contributed by atoms with Gasteiger partial charge in [0.15, 0.2) is 0 Å². The van der Waals surface area contributed by atoms with Gasteiger partial charge in [0.1, 0.15) is 4.75 Å². The lowest BCUT2D eigenvalue weighted by atomic mass is 10.2. The first-order valence-corrected chi connectivity index (χ1v) is 4.80. The molecule has 3 heteroatoms. The van der Waals surface area contributed by atoms with E-state index in [2.05, 4.69) is 5.92 Å². The van der Waals surface area contributed by atoms with Gasteiger partial charge in [0, 0.05) is 6.42 Å². The number of rotatable bonds is 5. The molecule has 0 aliphatic heterocycles. The minimum Gasteiger partial charge on any atom is -0.480 e. The van der Waals surface area contributed by atoms with Crippen molar-refractivity contribution >= 4 is 17.7 Å². The molecule has 0 bridgehead atoms. The van der Waals surface area contributed by atoms with Crippen molar-refractivity contribution in [3.05, 3.63) is 0 Å². The first kappa shape index (κ1) is 11.4. The first-order valence-electron chi connectivity index (χ1n) is 3.81. The van der Waals surface area contributed by atoms with Gasteiger partial charge in [-0.25, -0.2) is 0 Å². The van der Waals surface area contributed by atoms with Gasteiger partial charge >= 0.3 is 5.97 Å². The van der Waals surface area contributed by atoms with Crippen LogP contribution < -0.4 is 0 Å². The molecular weight excluding hydrogens is 172 g/mol. The van der Waals surface area contributed by atoms with Crippen LogP contribution in [0.4, 0.5) is 0 Å². The molecule has 68 valence electrons. The molecule has 0 unspecified atom stereocenters. The van der Waals surface area contributed by atoms with E-state index in [4.69, 9.17) is 11.5 Å². The molecule has 0 heterocycles. The van der Waals surface area contributed by atoms with Crippen molar-refractivity contribution in [2.24, 2.45) is 0 Å². The van der Waals surface area contributed by atoms with Crippen LogP contribution in [0.3, 0.4) is 0 Å². The smallest absolute Gasteiger partial charge is 0.319 e. The van der Waals surface area contributed by atoms with E-state index in [1.165, 1.54) is 11.8 Å². The maximum atomic E-state index is 10.6. The highest BCUT2D eigenvalue weighted by molar-refractivity contribution is 8.01. The number of carbonyl (C=O) groups is 1. The van der Waals surface area contributed by atoms with Gasteiger partial charge < -0.3 is 5.11 Å². The standard InChI is InChI=1S/C9H14O2S/c1-4-5-6-7-12-9(2,3)8(10)11/h1H,5-7H2,2-3H3,(H,10,11). The van der Waals surface area contributed by atoms with Crippen molar-refractivity contribution in [1.29, 1.82) is 0 Å². The Bertz CT molecular complexity index is 191. The zero-order chi connectivity index (χ0) is 9.61. The number of hydrogen-bond donors (Lipinski definition) is 1. The van der Waals surface area contributed by atoms with E-state index in [0.29, 0.717) is 0 Å². The monoisotopic (exact) mass is 186 g/mol. The van der Waals surface area contributed by atoms with E-state index in [9.17, 15) is 4.79 Å². The Balaban J connectivity index is 3.63. The van der Waals surface area contributed by atoms with Gasteiger partial charge in [-0.1, -0.05) is 0 Å². The average Bonchev–Trinajstić information content (AvgIpc) is 1.98. The van der Waals surface area contributed by atoms with Crippen molar-refractivity contribution in [2.45, 2.75) is 31.4 Å². The Morgan fingerprint density at radius 2 is 2.25 bits per heavy atom. The van der Waals surface area contributed by atoms with Crippen LogP contribution >= 0.6 is 11.8 Å². The molecule has 0 aromatic carbocycles. The summed E-state index contributed by atoms with van der Waals surface area (Å²) in [5.74, 6) is 2.56. The van der Waals surface area contributed by atoms with Crippen molar-refractivity contribution in [1.82, 2.24) is 0 Å². The molecule has 0 aliphatic rings. The van der Waals surface area contributed by atoms with Crippen molar-refractivity contribution in [2.75, 3.05) is 5.75 Å². The van der Waals surface area contributed by atoms with Gasteiger partial charge in [-0.2, -0.15) is 0 Å². The third-order valence-electron chi connectivity index (χ3n) is 1.44. The summed E-state index contributed by atoms with van der Waals surface area (Å²) in [6, 6.07) is 0. The number of hydrogen-bond acceptors (Lipinski definition) is 2. The SMILES string of the molecule is C#CCCCSC(C)(C)C(=O)O. The molecular formula is C9H14O2S. The van der Waals surface area contributed by atoms with E-state index in [1.54, 1.807) is 13.8 Å². The Morgan fingerprint density at radius 1 is 1.67 bits per heavy atom. The molecule has 0 saturated carbocycles. The van der Waals surface area contributed by atoms with Crippen LogP contribution in [0.25, 0.3) is 0 Å². The van der Waals surface area contributed by atoms with E-state index in [1.807, 2.05) is 0 Å². The lowest BCUT2D eigenvalue weighted by Gasteiger charge is -2.17. The van der Waals surface area contributed by atoms with Gasteiger partial charge in [0.2, 0.25) is 0 Å². The number of carboxylic acid groups (broad SMARTS) is 1. The second-order valence-corrected chi connectivity index (χ2v) is 4.69. The minimum atomic E-state index is -0.770. The number of terminal acetylenes is 1. The molecule has 0 atom stereocenters. The minimum absolute atomic E-state index is 0.686. The Morgan fingerprint density at radius 3 is 2.67 bits per heavy atom. The molecule has 0 saturated heterocycles. The molecule has 0 amide bonds. The third kappa shape index (κ3) is 4.30. The molecule has 0 aromatic heterocycles. The lowest BCUT2D eigenvalue weighted by molar-refractivity contribution is -0.138. The highest BCUT2D eigenvalue weighted by Crippen LogP contribution is 2.25. The van der Waals surface area contributed by atoms with Gasteiger partial charge in [-0.05, 0) is 26.0 Å². The van der Waals surface area contributed by atoms with Crippen LogP contribution in [0.2, 0.25) is 0 Å². The van der Waals surface area contributed by atoms with Crippen LogP contribution in [0, 0.1) is 12.3 Å². The lowest BCUT2D eigenvalue weighted by Crippen LogP contribution is -2.27. The molecule has 1 N–H and O–H groups in total. The summed E-state index contributed by atoms with van der Waals surface area (Å²) in [5.41, 5.74) is 0. The molecule has 0 spiro atoms. The predicted octanol–water partition coefficient (Wildman–Crippen LogP) is 2.00. The van der Waals surface area contributed by atoms with Gasteiger partial charge in [-0.3, -0.25) is 4.79 Å². The summed E-state index contributed by atoms with van der Waals surface area (Å²) < 4.78 is -0.686. The van der Waals surface area contributed by atoms with Crippen molar-refractivity contribution in [3.8, 4) is 12.3 Å². The average molecular weight is 186 g/mol. The number of aliphatic carboxylic acids is 1. The van der Waals surface area contributed by atoms with E-state index in [0.717, 1.165) is 18.6 Å². The summed E-state index contributed by atoms with van der Waals surface area (Å²) in [6.07, 6.45) is 6.67. The molecule has 0 rings (SSSR count). The Labute approximate surface area is 77.7 Å². The fourth-order valence-electron chi connectivity index (χ4n) is 0.563. The second kappa shape index (κ2) is 5.10. The fourth-order valence-corrected chi connectivity index (χ4v) is 1.49. The molecule has 2 nitrogen and oxygen atoms in total. The zero-order valence-electron chi connectivity index (χ0n) is 7.46. The topological polar surface area (TPSA) is 37.3 Å². The zero-order valence-corrected chi connectivity index (χ0v) is 8.28. The first-order chi connectivity index (χ1) is 5.50. The van der Waals surface area contributed by atoms with Crippen LogP contribution in [0.15, 0.2) is 0 Å². The maximum Gasteiger partial charge on any atom is 0.319 e. The highest BCUT2D eigenvalue weighted by Gasteiger charge is 2.26. The molecule has 0 aliphatic carbocycles. The number of thioether (sulfide) groups is 1. The summed E-state index contributed by atoms with van der Waals surface area (Å²) in [5, 5.41) is 8.74. The van der Waals surface area contributed by atoms with Crippen LogP contribution in [0.1, 0.15) is 26.7 Å². The normalized spacial score (nSPS) is 10.8. The van der Waals surface area contributed by atoms with Crippen molar-refractivity contribution in [3.63, 3.8) is 0 Å². The van der Waals surface area contributed by atoms with E-state index >= 15 is 0 Å². The van der Waals surface area contributed by atoms with Gasteiger partial charge in [0.25, 0.3) is 0 Å². The van der Waals surface area contributed by atoms with Crippen LogP contribution in [-0.2, 0) is 4.79 Å². The Kier molecular flexibility index (Phi) is 4.84. The van der Waals surface area contributed by atoms with Crippen LogP contribution in [-0.4, -0.2) is 21.6 Å². The second-order valence-electron chi connectivity index (χ2n) is 2.97. The maximum absolute atomic E-state index is 10.6. The van der Waals surface area contributed by atoms with E-state index in [-0.39, 0.29) is 0 Å². The predicted molar refractivity (Wildman–Crippen MR) is 52.2 cm³/mol. The summed E-state index contributed by atoms with van der Waals surface area (Å²) in [7, 11) is 0. The van der Waals surface area contributed by atoms with E-state index < -0.39 is 10.7 Å². The summed E-state index contributed by atoms with van der Waals surface area (Å²) in [6.45, 7) is 3.41. The fraction of sp³-hybridized carbons (Fsp3) is 0.667. The van der Waals surface area contributed by atoms with Crippen LogP contribution in [0.5, 0.6) is 0 Å². The number of carboxylic acids is 1. The van der Waals surface area contributed by atoms with Gasteiger partial charge in [0.05, 0.1) is 0 Å². The Hall–Kier alpha value is -0.620. The quantitative estimate of drug-likeness (QED) is 0.527. The van der Waals surface area contributed by atoms with Gasteiger partial charge in [-0.15, -0.1) is 24.1 Å². The summed E-state index contributed by atoms with van der Waals surface area (Å²) in [4.78, 5) is 10.6.